The number of esters is 1. The van der Waals surface area contributed by atoms with Gasteiger partial charge in [0.15, 0.2) is 0 Å². The average Bonchev–Trinajstić information content (AvgIpc) is 3.07. The summed E-state index contributed by atoms with van der Waals surface area (Å²) in [6.07, 6.45) is 2.08. The van der Waals surface area contributed by atoms with Crippen molar-refractivity contribution in [3.8, 4) is 11.1 Å². The molecule has 0 aliphatic heterocycles. The molecule has 0 fully saturated rings. The van der Waals surface area contributed by atoms with Crippen LogP contribution in [0.2, 0.25) is 5.02 Å². The Bertz CT molecular complexity index is 1060. The second-order valence-electron chi connectivity index (χ2n) is 7.58. The number of fused-ring (bicyclic) bond motifs is 1. The number of carbonyl (C=O) groups excluding carboxylic acids is 1. The SMILES string of the molecule is CCCc1sc2nc(CN(CC)CC)c(C(=O)OCC)c(-c3ccc(Cl)cc3)c2c1C. The summed E-state index contributed by atoms with van der Waals surface area (Å²) in [5, 5.41) is 1.73. The summed E-state index contributed by atoms with van der Waals surface area (Å²) in [6, 6.07) is 7.71. The Labute approximate surface area is 194 Å². The van der Waals surface area contributed by atoms with Crippen molar-refractivity contribution in [1.82, 2.24) is 9.88 Å². The van der Waals surface area contributed by atoms with Gasteiger partial charge in [-0.1, -0.05) is 50.9 Å². The van der Waals surface area contributed by atoms with Crippen molar-refractivity contribution < 1.29 is 9.53 Å². The van der Waals surface area contributed by atoms with Gasteiger partial charge in [-0.25, -0.2) is 9.78 Å². The third kappa shape index (κ3) is 4.94. The van der Waals surface area contributed by atoms with Crippen LogP contribution >= 0.6 is 22.9 Å². The minimum absolute atomic E-state index is 0.313. The third-order valence-electron chi connectivity index (χ3n) is 5.61. The van der Waals surface area contributed by atoms with E-state index in [-0.39, 0.29) is 5.97 Å². The smallest absolute Gasteiger partial charge is 0.340 e. The Hall–Kier alpha value is -1.95. The molecule has 0 spiro atoms. The highest BCUT2D eigenvalue weighted by atomic mass is 35.5. The zero-order valence-corrected chi connectivity index (χ0v) is 20.6. The molecule has 0 atom stereocenters. The number of hydrogen-bond acceptors (Lipinski definition) is 5. The largest absolute Gasteiger partial charge is 0.462 e. The monoisotopic (exact) mass is 458 g/mol. The zero-order valence-electron chi connectivity index (χ0n) is 19.0. The molecule has 1 aromatic carbocycles. The van der Waals surface area contributed by atoms with Gasteiger partial charge in [-0.15, -0.1) is 11.3 Å². The molecule has 0 aliphatic rings. The lowest BCUT2D eigenvalue weighted by molar-refractivity contribution is 0.0524. The van der Waals surface area contributed by atoms with Crippen LogP contribution < -0.4 is 0 Å². The fraction of sp³-hybridized carbons (Fsp3) is 0.440. The van der Waals surface area contributed by atoms with Gasteiger partial charge in [-0.05, 0) is 56.6 Å². The summed E-state index contributed by atoms with van der Waals surface area (Å²) in [4.78, 5) is 22.9. The summed E-state index contributed by atoms with van der Waals surface area (Å²) in [5.41, 5.74) is 4.44. The minimum atomic E-state index is -0.313. The van der Waals surface area contributed by atoms with Crippen molar-refractivity contribution in [2.45, 2.75) is 54.0 Å². The summed E-state index contributed by atoms with van der Waals surface area (Å²) in [7, 11) is 0. The Morgan fingerprint density at radius 2 is 1.81 bits per heavy atom. The van der Waals surface area contributed by atoms with Crippen LogP contribution in [0.1, 0.15) is 60.6 Å². The Morgan fingerprint density at radius 3 is 2.39 bits per heavy atom. The summed E-state index contributed by atoms with van der Waals surface area (Å²) in [5.74, 6) is -0.313. The van der Waals surface area contributed by atoms with Crippen LogP contribution in [-0.2, 0) is 17.7 Å². The van der Waals surface area contributed by atoms with Crippen molar-refractivity contribution in [2.75, 3.05) is 19.7 Å². The second kappa shape index (κ2) is 10.6. The average molecular weight is 459 g/mol. The molecule has 0 saturated heterocycles. The van der Waals surface area contributed by atoms with Gasteiger partial charge in [0.2, 0.25) is 0 Å². The molecule has 2 aromatic heterocycles. The van der Waals surface area contributed by atoms with Gasteiger partial charge >= 0.3 is 5.97 Å². The molecule has 0 aliphatic carbocycles. The van der Waals surface area contributed by atoms with E-state index in [0.717, 1.165) is 53.0 Å². The molecule has 3 rings (SSSR count). The number of thiophene rings is 1. The van der Waals surface area contributed by atoms with E-state index in [9.17, 15) is 4.79 Å². The maximum Gasteiger partial charge on any atom is 0.340 e. The molecule has 0 saturated carbocycles. The molecule has 0 bridgehead atoms. The summed E-state index contributed by atoms with van der Waals surface area (Å²) in [6.45, 7) is 13.1. The highest BCUT2D eigenvalue weighted by Crippen LogP contribution is 2.41. The third-order valence-corrected chi connectivity index (χ3v) is 7.11. The van der Waals surface area contributed by atoms with Crippen LogP contribution in [0.15, 0.2) is 24.3 Å². The number of benzene rings is 1. The number of carbonyl (C=O) groups is 1. The van der Waals surface area contributed by atoms with E-state index in [1.54, 1.807) is 11.3 Å². The first-order valence-electron chi connectivity index (χ1n) is 11.0. The predicted octanol–water partition coefficient (Wildman–Crippen LogP) is 6.90. The van der Waals surface area contributed by atoms with Gasteiger partial charge in [-0.3, -0.25) is 4.90 Å². The van der Waals surface area contributed by atoms with E-state index in [2.05, 4.69) is 32.6 Å². The van der Waals surface area contributed by atoms with Crippen LogP contribution in [0.4, 0.5) is 0 Å². The Balaban J connectivity index is 2.40. The fourth-order valence-corrected chi connectivity index (χ4v) is 5.37. The molecule has 0 amide bonds. The second-order valence-corrected chi connectivity index (χ2v) is 9.10. The van der Waals surface area contributed by atoms with Crippen molar-refractivity contribution >= 4 is 39.1 Å². The first-order valence-corrected chi connectivity index (χ1v) is 12.2. The first kappa shape index (κ1) is 23.7. The zero-order chi connectivity index (χ0) is 22.5. The van der Waals surface area contributed by atoms with Crippen molar-refractivity contribution in [3.63, 3.8) is 0 Å². The molecule has 0 radical (unpaired) electrons. The Kier molecular flexibility index (Phi) is 8.09. The molecular formula is C25H31ClN2O2S. The topological polar surface area (TPSA) is 42.4 Å². The van der Waals surface area contributed by atoms with Crippen LogP contribution in [0.5, 0.6) is 0 Å². The van der Waals surface area contributed by atoms with Gasteiger partial charge < -0.3 is 4.74 Å². The van der Waals surface area contributed by atoms with E-state index >= 15 is 0 Å². The van der Waals surface area contributed by atoms with E-state index in [4.69, 9.17) is 21.3 Å². The van der Waals surface area contributed by atoms with Gasteiger partial charge in [0.1, 0.15) is 4.83 Å². The van der Waals surface area contributed by atoms with Crippen molar-refractivity contribution in [2.24, 2.45) is 0 Å². The van der Waals surface area contributed by atoms with Gasteiger partial charge in [-0.2, -0.15) is 0 Å². The normalized spacial score (nSPS) is 11.5. The number of nitrogens with zero attached hydrogens (tertiary/aromatic N) is 2. The lowest BCUT2D eigenvalue weighted by Gasteiger charge is -2.21. The van der Waals surface area contributed by atoms with Crippen molar-refractivity contribution in [3.05, 3.63) is 51.0 Å². The van der Waals surface area contributed by atoms with Crippen LogP contribution in [0.3, 0.4) is 0 Å². The van der Waals surface area contributed by atoms with E-state index in [1.807, 2.05) is 31.2 Å². The molecule has 4 nitrogen and oxygen atoms in total. The number of pyridine rings is 1. The standard InChI is InChI=1S/C25H31ClN2O2S/c1-6-10-20-16(5)21-22(17-11-13-18(26)14-12-17)23(25(29)30-9-4)19(27-24(21)31-20)15-28(7-2)8-3/h11-14H,6-10,15H2,1-5H3. The van der Waals surface area contributed by atoms with Crippen LogP contribution in [0.25, 0.3) is 21.3 Å². The lowest BCUT2D eigenvalue weighted by atomic mass is 9.93. The van der Waals surface area contributed by atoms with Crippen LogP contribution in [0, 0.1) is 6.92 Å². The lowest BCUT2D eigenvalue weighted by Crippen LogP contribution is -2.25. The van der Waals surface area contributed by atoms with Gasteiger partial charge in [0, 0.05) is 27.4 Å². The molecular weight excluding hydrogens is 428 g/mol. The molecule has 0 N–H and O–H groups in total. The maximum absolute atomic E-state index is 13.3. The molecule has 31 heavy (non-hydrogen) atoms. The molecule has 0 unspecified atom stereocenters. The minimum Gasteiger partial charge on any atom is -0.462 e. The van der Waals surface area contributed by atoms with Crippen LogP contribution in [-0.4, -0.2) is 35.5 Å². The highest BCUT2D eigenvalue weighted by Gasteiger charge is 2.27. The predicted molar refractivity (Wildman–Crippen MR) is 131 cm³/mol. The maximum atomic E-state index is 13.3. The molecule has 3 aromatic rings. The molecule has 2 heterocycles. The molecule has 166 valence electrons. The number of halogens is 1. The van der Waals surface area contributed by atoms with Gasteiger partial charge in [0.25, 0.3) is 0 Å². The quantitative estimate of drug-likeness (QED) is 0.327. The van der Waals surface area contributed by atoms with Crippen molar-refractivity contribution in [1.29, 1.82) is 0 Å². The van der Waals surface area contributed by atoms with Gasteiger partial charge in [0.05, 0.1) is 17.9 Å². The first-order chi connectivity index (χ1) is 14.9. The number of hydrogen-bond donors (Lipinski definition) is 0. The Morgan fingerprint density at radius 1 is 1.13 bits per heavy atom. The fourth-order valence-electron chi connectivity index (χ4n) is 3.93. The number of aromatic nitrogens is 1. The van der Waals surface area contributed by atoms with E-state index in [1.165, 1.54) is 10.4 Å². The highest BCUT2D eigenvalue weighted by molar-refractivity contribution is 7.19. The summed E-state index contributed by atoms with van der Waals surface area (Å²) < 4.78 is 5.53. The number of rotatable bonds is 9. The van der Waals surface area contributed by atoms with E-state index in [0.29, 0.717) is 23.7 Å². The number of aryl methyl sites for hydroxylation is 2. The molecule has 6 heteroatoms. The number of ether oxygens (including phenoxy) is 1. The van der Waals surface area contributed by atoms with E-state index < -0.39 is 0 Å². The summed E-state index contributed by atoms with van der Waals surface area (Å²) >= 11 is 7.92.